The van der Waals surface area contributed by atoms with Gasteiger partial charge in [-0.2, -0.15) is 0 Å². The number of rotatable bonds is 7. The van der Waals surface area contributed by atoms with Crippen molar-refractivity contribution < 1.29 is 9.59 Å². The molecule has 4 N–H and O–H groups in total. The molecule has 24 heavy (non-hydrogen) atoms. The van der Waals surface area contributed by atoms with E-state index in [2.05, 4.69) is 10.6 Å². The molecular weight excluding hydrogens is 302 g/mol. The van der Waals surface area contributed by atoms with Crippen LogP contribution in [0.2, 0.25) is 0 Å². The van der Waals surface area contributed by atoms with Gasteiger partial charge in [0.15, 0.2) is 0 Å². The van der Waals surface area contributed by atoms with Crippen molar-refractivity contribution in [2.45, 2.75) is 24.9 Å². The largest absolute Gasteiger partial charge is 0.357 e. The minimum atomic E-state index is -0.699. The van der Waals surface area contributed by atoms with Crippen molar-refractivity contribution in [2.75, 3.05) is 7.05 Å². The highest BCUT2D eigenvalue weighted by molar-refractivity contribution is 5.89. The summed E-state index contributed by atoms with van der Waals surface area (Å²) in [6.07, 6.45) is 0.850. The Morgan fingerprint density at radius 3 is 1.88 bits per heavy atom. The van der Waals surface area contributed by atoms with Gasteiger partial charge in [-0.1, -0.05) is 60.7 Å². The van der Waals surface area contributed by atoms with Crippen molar-refractivity contribution in [1.82, 2.24) is 10.6 Å². The topological polar surface area (TPSA) is 84.2 Å². The van der Waals surface area contributed by atoms with E-state index in [1.165, 1.54) is 0 Å². The van der Waals surface area contributed by atoms with Crippen molar-refractivity contribution in [3.8, 4) is 0 Å². The lowest BCUT2D eigenvalue weighted by Gasteiger charge is -2.20. The first kappa shape index (κ1) is 17.7. The SMILES string of the molecule is CNC(=O)[C@@H](Cc1ccccc1)NC(=O)[C@@H](N)Cc1ccccc1. The predicted octanol–water partition coefficient (Wildman–Crippen LogP) is 1.03. The second kappa shape index (κ2) is 8.84. The molecule has 2 aromatic rings. The minimum absolute atomic E-state index is 0.237. The first-order valence-corrected chi connectivity index (χ1v) is 7.95. The van der Waals surface area contributed by atoms with Crippen LogP contribution in [-0.2, 0) is 22.4 Å². The average Bonchev–Trinajstić information content (AvgIpc) is 2.62. The molecular formula is C19H23N3O2. The van der Waals surface area contributed by atoms with Gasteiger partial charge in [-0.3, -0.25) is 9.59 Å². The number of carbonyl (C=O) groups is 2. The molecule has 5 heteroatoms. The molecule has 2 rings (SSSR count). The second-order valence-electron chi connectivity index (χ2n) is 5.66. The molecule has 0 aliphatic carbocycles. The number of hydrogen-bond acceptors (Lipinski definition) is 3. The Morgan fingerprint density at radius 2 is 1.38 bits per heavy atom. The lowest BCUT2D eigenvalue weighted by Crippen LogP contribution is -2.52. The van der Waals surface area contributed by atoms with E-state index < -0.39 is 12.1 Å². The van der Waals surface area contributed by atoms with Crippen molar-refractivity contribution in [3.05, 3.63) is 71.8 Å². The normalized spacial score (nSPS) is 12.9. The fraction of sp³-hybridized carbons (Fsp3) is 0.263. The molecule has 0 aromatic heterocycles. The number of amides is 2. The molecule has 0 spiro atoms. The van der Waals surface area contributed by atoms with Crippen LogP contribution in [0.5, 0.6) is 0 Å². The van der Waals surface area contributed by atoms with E-state index in [0.29, 0.717) is 12.8 Å². The third-order valence-corrected chi connectivity index (χ3v) is 3.80. The number of nitrogens with one attached hydrogen (secondary N) is 2. The summed E-state index contributed by atoms with van der Waals surface area (Å²) in [6.45, 7) is 0. The Hall–Kier alpha value is -2.66. The molecule has 2 amide bonds. The lowest BCUT2D eigenvalue weighted by molar-refractivity contribution is -0.129. The van der Waals surface area contributed by atoms with Crippen molar-refractivity contribution in [2.24, 2.45) is 5.73 Å². The lowest BCUT2D eigenvalue weighted by atomic mass is 10.0. The van der Waals surface area contributed by atoms with Crippen LogP contribution in [0, 0.1) is 0 Å². The fourth-order valence-corrected chi connectivity index (χ4v) is 2.47. The zero-order valence-electron chi connectivity index (χ0n) is 13.7. The number of hydrogen-bond donors (Lipinski definition) is 3. The number of benzene rings is 2. The Labute approximate surface area is 142 Å². The molecule has 0 aliphatic rings. The van der Waals surface area contributed by atoms with E-state index in [1.54, 1.807) is 7.05 Å². The third-order valence-electron chi connectivity index (χ3n) is 3.80. The maximum absolute atomic E-state index is 12.4. The molecule has 0 bridgehead atoms. The van der Waals surface area contributed by atoms with Crippen LogP contribution in [0.25, 0.3) is 0 Å². The summed E-state index contributed by atoms with van der Waals surface area (Å²) < 4.78 is 0. The summed E-state index contributed by atoms with van der Waals surface area (Å²) in [6, 6.07) is 17.8. The predicted molar refractivity (Wildman–Crippen MR) is 94.3 cm³/mol. The Kier molecular flexibility index (Phi) is 6.51. The quantitative estimate of drug-likeness (QED) is 0.711. The van der Waals surface area contributed by atoms with Gasteiger partial charge >= 0.3 is 0 Å². The van der Waals surface area contributed by atoms with Gasteiger partial charge in [0.25, 0.3) is 0 Å². The van der Waals surface area contributed by atoms with Gasteiger partial charge in [0.2, 0.25) is 11.8 Å². The Balaban J connectivity index is 2.00. The maximum Gasteiger partial charge on any atom is 0.242 e. The van der Waals surface area contributed by atoms with Crippen molar-refractivity contribution in [1.29, 1.82) is 0 Å². The fourth-order valence-electron chi connectivity index (χ4n) is 2.47. The van der Waals surface area contributed by atoms with Crippen LogP contribution in [0.1, 0.15) is 11.1 Å². The van der Waals surface area contributed by atoms with Gasteiger partial charge in [0, 0.05) is 13.5 Å². The van der Waals surface area contributed by atoms with Crippen LogP contribution in [-0.4, -0.2) is 30.9 Å². The van der Waals surface area contributed by atoms with Gasteiger partial charge < -0.3 is 16.4 Å². The van der Waals surface area contributed by atoms with Crippen molar-refractivity contribution >= 4 is 11.8 Å². The molecule has 5 nitrogen and oxygen atoms in total. The molecule has 0 unspecified atom stereocenters. The molecule has 2 aromatic carbocycles. The molecule has 0 saturated carbocycles. The van der Waals surface area contributed by atoms with Gasteiger partial charge in [-0.05, 0) is 17.5 Å². The highest BCUT2D eigenvalue weighted by atomic mass is 16.2. The van der Waals surface area contributed by atoms with E-state index in [4.69, 9.17) is 5.73 Å². The highest BCUT2D eigenvalue weighted by Gasteiger charge is 2.23. The van der Waals surface area contributed by atoms with Gasteiger partial charge in [0.1, 0.15) is 6.04 Å². The minimum Gasteiger partial charge on any atom is -0.357 e. The molecule has 2 atom stereocenters. The van der Waals surface area contributed by atoms with Gasteiger partial charge in [-0.25, -0.2) is 0 Å². The summed E-state index contributed by atoms with van der Waals surface area (Å²) in [5.74, 6) is -0.567. The van der Waals surface area contributed by atoms with E-state index >= 15 is 0 Å². The summed E-state index contributed by atoms with van der Waals surface area (Å²) in [7, 11) is 1.55. The van der Waals surface area contributed by atoms with Crippen LogP contribution in [0.3, 0.4) is 0 Å². The van der Waals surface area contributed by atoms with Crippen LogP contribution >= 0.6 is 0 Å². The summed E-state index contributed by atoms with van der Waals surface area (Å²) in [5, 5.41) is 5.35. The number of nitrogens with two attached hydrogens (primary N) is 1. The molecule has 0 heterocycles. The van der Waals surface area contributed by atoms with E-state index in [1.807, 2.05) is 60.7 Å². The van der Waals surface area contributed by atoms with Crippen LogP contribution < -0.4 is 16.4 Å². The molecule has 0 radical (unpaired) electrons. The summed E-state index contributed by atoms with van der Waals surface area (Å²) in [5.41, 5.74) is 7.95. The van der Waals surface area contributed by atoms with E-state index in [-0.39, 0.29) is 11.8 Å². The summed E-state index contributed by atoms with van der Waals surface area (Å²) >= 11 is 0. The zero-order chi connectivity index (χ0) is 17.4. The second-order valence-corrected chi connectivity index (χ2v) is 5.66. The monoisotopic (exact) mass is 325 g/mol. The highest BCUT2D eigenvalue weighted by Crippen LogP contribution is 2.05. The number of carbonyl (C=O) groups excluding carboxylic acids is 2. The van der Waals surface area contributed by atoms with E-state index in [9.17, 15) is 9.59 Å². The Morgan fingerprint density at radius 1 is 0.875 bits per heavy atom. The Bertz CT molecular complexity index is 659. The first-order valence-electron chi connectivity index (χ1n) is 7.95. The molecule has 126 valence electrons. The molecule has 0 aliphatic heterocycles. The van der Waals surface area contributed by atoms with Gasteiger partial charge in [-0.15, -0.1) is 0 Å². The van der Waals surface area contributed by atoms with E-state index in [0.717, 1.165) is 11.1 Å². The number of likely N-dealkylation sites (N-methyl/N-ethyl adjacent to an activating group) is 1. The van der Waals surface area contributed by atoms with Crippen molar-refractivity contribution in [3.63, 3.8) is 0 Å². The average molecular weight is 325 g/mol. The first-order chi connectivity index (χ1) is 11.6. The van der Waals surface area contributed by atoms with Gasteiger partial charge in [0.05, 0.1) is 6.04 Å². The molecule has 0 saturated heterocycles. The zero-order valence-corrected chi connectivity index (χ0v) is 13.7. The van der Waals surface area contributed by atoms with Crippen LogP contribution in [0.15, 0.2) is 60.7 Å². The maximum atomic E-state index is 12.4. The molecule has 0 fully saturated rings. The third kappa shape index (κ3) is 5.21. The smallest absolute Gasteiger partial charge is 0.242 e. The summed E-state index contributed by atoms with van der Waals surface area (Å²) in [4.78, 5) is 24.4. The standard InChI is InChI=1S/C19H23N3O2/c1-21-19(24)17(13-15-10-6-3-7-11-15)22-18(23)16(20)12-14-8-4-2-5-9-14/h2-11,16-17H,12-13,20H2,1H3,(H,21,24)(H,22,23)/t16-,17+/m0/s1. The van der Waals surface area contributed by atoms with Crippen LogP contribution in [0.4, 0.5) is 0 Å².